The van der Waals surface area contributed by atoms with Crippen LogP contribution in [0.3, 0.4) is 0 Å². The van der Waals surface area contributed by atoms with E-state index in [2.05, 4.69) is 277 Å². The van der Waals surface area contributed by atoms with Crippen molar-refractivity contribution in [1.29, 1.82) is 0 Å². The monoisotopic (exact) mass is 1440 g/mol. The molecule has 0 saturated carbocycles. The van der Waals surface area contributed by atoms with Gasteiger partial charge >= 0.3 is 20.1 Å². The van der Waals surface area contributed by atoms with E-state index in [1.54, 1.807) is 0 Å². The Hall–Kier alpha value is -11.5. The number of benzene rings is 12. The summed E-state index contributed by atoms with van der Waals surface area (Å²) in [5.74, 6) is 1.32. The molecule has 0 N–H and O–H groups in total. The standard InChI is InChI=1S/C49H37N2O2.C41H27N3.Ir/c1-29(2)42-26-35(33-18-21-38-37-13-8-9-16-44(37)52-45(38)28-33)27-43(30(3)4)46(42)51-24-23-50-49(51)41-15-10-14-39-40-22-19-34-25-32(31-11-6-5-7-12-31)17-20-36(34)47(40)53-48(39)41;1-3-12-31(13-4-1)38-28-32(22-24-43-38)35-17-10-19-40-41(35)36-27-30(20-21-39(36)44(40)34-15-5-2-6-16-34)25-29-11-9-14-33(26-29)37-18-7-8-23-42-37;/h5-14,16-30H,1-4H3;1-12,15-24,26-28H,25H2;/q-1;-2;+3. The average Bonchev–Trinajstić information content (AvgIpc) is 1.58. The third-order valence-electron chi connectivity index (χ3n) is 18.9. The second-order valence-corrected chi connectivity index (χ2v) is 25.6. The predicted molar refractivity (Wildman–Crippen MR) is 399 cm³/mol. The van der Waals surface area contributed by atoms with Crippen LogP contribution in [0, 0.1) is 18.2 Å². The van der Waals surface area contributed by atoms with E-state index >= 15 is 0 Å². The molecule has 0 radical (unpaired) electrons. The summed E-state index contributed by atoms with van der Waals surface area (Å²) in [5, 5.41) is 9.13. The van der Waals surface area contributed by atoms with Crippen LogP contribution in [-0.2, 0) is 26.5 Å². The van der Waals surface area contributed by atoms with Gasteiger partial charge in [-0.2, -0.15) is 0 Å². The number of pyridine rings is 2. The minimum absolute atomic E-state index is 0. The number of nitrogens with zero attached hydrogens (tertiary/aromatic N) is 5. The first-order chi connectivity index (χ1) is 47.7. The molecule has 6 aromatic heterocycles. The maximum atomic E-state index is 6.85. The van der Waals surface area contributed by atoms with Gasteiger partial charge in [-0.3, -0.25) is 4.98 Å². The van der Waals surface area contributed by atoms with Gasteiger partial charge in [0.2, 0.25) is 0 Å². The molecule has 0 aliphatic heterocycles. The van der Waals surface area contributed by atoms with Crippen molar-refractivity contribution in [1.82, 2.24) is 24.1 Å². The number of para-hydroxylation sites is 2. The molecule has 0 aliphatic rings. The summed E-state index contributed by atoms with van der Waals surface area (Å²) in [6.07, 6.45) is 8.51. The first-order valence-electron chi connectivity index (χ1n) is 33.2. The number of hydrogen-bond donors (Lipinski definition) is 0. The number of rotatable bonds is 12. The molecule has 18 rings (SSSR count). The molecule has 6 heterocycles. The van der Waals surface area contributed by atoms with Gasteiger partial charge < -0.3 is 27.9 Å². The van der Waals surface area contributed by atoms with Gasteiger partial charge in [0.15, 0.2) is 0 Å². The molecule has 470 valence electrons. The van der Waals surface area contributed by atoms with Crippen LogP contribution >= 0.6 is 0 Å². The van der Waals surface area contributed by atoms with Gasteiger partial charge in [-0.05, 0) is 164 Å². The maximum absolute atomic E-state index is 6.85. The number of furan rings is 2. The molecule has 0 saturated heterocycles. The Labute approximate surface area is 582 Å². The van der Waals surface area contributed by atoms with Crippen LogP contribution in [0.25, 0.3) is 155 Å². The van der Waals surface area contributed by atoms with E-state index in [9.17, 15) is 0 Å². The van der Waals surface area contributed by atoms with Crippen molar-refractivity contribution in [3.8, 4) is 78.7 Å². The van der Waals surface area contributed by atoms with Crippen LogP contribution in [0.4, 0.5) is 0 Å². The van der Waals surface area contributed by atoms with Crippen molar-refractivity contribution >= 4 is 76.5 Å². The molecule has 18 aromatic rings. The fraction of sp³-hybridized carbons (Fsp3) is 0.0778. The normalized spacial score (nSPS) is 11.6. The van der Waals surface area contributed by atoms with E-state index < -0.39 is 0 Å². The first kappa shape index (κ1) is 61.3. The number of fused-ring (bicyclic) bond motifs is 11. The Morgan fingerprint density at radius 2 is 1.12 bits per heavy atom. The van der Waals surface area contributed by atoms with Gasteiger partial charge in [0.05, 0.1) is 22.4 Å². The van der Waals surface area contributed by atoms with E-state index in [-0.39, 0.29) is 31.9 Å². The smallest absolute Gasteiger partial charge is 0.500 e. The number of hydrogen-bond acceptors (Lipinski definition) is 5. The molecule has 0 atom stereocenters. The maximum Gasteiger partial charge on any atom is 3.00 e. The summed E-state index contributed by atoms with van der Waals surface area (Å²) in [5.41, 5.74) is 24.9. The Bertz CT molecular complexity index is 5960. The molecule has 0 fully saturated rings. The summed E-state index contributed by atoms with van der Waals surface area (Å²) < 4.78 is 17.8. The van der Waals surface area contributed by atoms with Crippen LogP contribution in [0.15, 0.2) is 301 Å². The molecule has 7 nitrogen and oxygen atoms in total. The molecule has 0 amide bonds. The molecular weight excluding hydrogens is 1380 g/mol. The van der Waals surface area contributed by atoms with Crippen LogP contribution in [0.5, 0.6) is 0 Å². The van der Waals surface area contributed by atoms with Gasteiger partial charge in [-0.1, -0.05) is 172 Å². The quantitative estimate of drug-likeness (QED) is 0.114. The molecular formula is C90H64IrN5O2. The Morgan fingerprint density at radius 1 is 0.408 bits per heavy atom. The summed E-state index contributed by atoms with van der Waals surface area (Å²) >= 11 is 0. The van der Waals surface area contributed by atoms with Crippen molar-refractivity contribution in [2.75, 3.05) is 0 Å². The van der Waals surface area contributed by atoms with Crippen LogP contribution in [-0.4, -0.2) is 24.1 Å². The van der Waals surface area contributed by atoms with Crippen molar-refractivity contribution in [3.05, 3.63) is 332 Å². The van der Waals surface area contributed by atoms with Crippen LogP contribution in [0.2, 0.25) is 0 Å². The minimum atomic E-state index is 0. The zero-order valence-corrected chi connectivity index (χ0v) is 56.9. The molecule has 8 heteroatoms. The molecule has 12 aromatic carbocycles. The van der Waals surface area contributed by atoms with E-state index in [0.29, 0.717) is 0 Å². The fourth-order valence-corrected chi connectivity index (χ4v) is 14.2. The summed E-state index contributed by atoms with van der Waals surface area (Å²) in [4.78, 5) is 14.2. The zero-order valence-electron chi connectivity index (χ0n) is 54.5. The SMILES string of the molecule is CC(C)c1cc(-c2ccc3c(c2)oc2ccccc23)cc(C(C)C)c1-n1ccnc1-c1[c-]ccc2c1oc1c3ccc(-c4ccccc4)cc3ccc21.[Ir+3].[c-]1ccccc1-c1cc(-c2cccc3c2c2cc(Cc4cc[c-]c(-c5ccccn5)c4)ccc2n3-c2ccccc2)ccn1. The largest absolute Gasteiger partial charge is 3.00 e. The van der Waals surface area contributed by atoms with E-state index in [1.807, 2.05) is 79.3 Å². The van der Waals surface area contributed by atoms with Gasteiger partial charge in [0, 0.05) is 68.5 Å². The second-order valence-electron chi connectivity index (χ2n) is 25.6. The van der Waals surface area contributed by atoms with Gasteiger partial charge in [0.1, 0.15) is 16.7 Å². The minimum Gasteiger partial charge on any atom is -0.500 e. The van der Waals surface area contributed by atoms with Crippen LogP contribution < -0.4 is 0 Å². The average molecular weight is 1440 g/mol. The Morgan fingerprint density at radius 3 is 1.93 bits per heavy atom. The van der Waals surface area contributed by atoms with E-state index in [1.165, 1.54) is 66.3 Å². The summed E-state index contributed by atoms with van der Waals surface area (Å²) in [6.45, 7) is 9.08. The molecule has 0 spiro atoms. The molecule has 0 aliphatic carbocycles. The van der Waals surface area contributed by atoms with Crippen molar-refractivity contribution in [2.24, 2.45) is 0 Å². The van der Waals surface area contributed by atoms with Gasteiger partial charge in [-0.25, -0.2) is 0 Å². The predicted octanol–water partition coefficient (Wildman–Crippen LogP) is 23.6. The van der Waals surface area contributed by atoms with Crippen LogP contribution in [0.1, 0.15) is 61.8 Å². The topological polar surface area (TPSA) is 74.8 Å². The van der Waals surface area contributed by atoms with Crippen molar-refractivity contribution in [2.45, 2.75) is 46.0 Å². The summed E-state index contributed by atoms with van der Waals surface area (Å²) in [6, 6.07) is 104. The zero-order chi connectivity index (χ0) is 65.1. The van der Waals surface area contributed by atoms with Gasteiger partial charge in [-0.15, -0.1) is 89.5 Å². The number of imidazole rings is 1. The second kappa shape index (κ2) is 25.9. The first-order valence-corrected chi connectivity index (χ1v) is 33.2. The summed E-state index contributed by atoms with van der Waals surface area (Å²) in [7, 11) is 0. The molecule has 0 unspecified atom stereocenters. The Kier molecular flexibility index (Phi) is 16.2. The molecule has 98 heavy (non-hydrogen) atoms. The molecule has 0 bridgehead atoms. The van der Waals surface area contributed by atoms with Crippen molar-refractivity contribution in [3.63, 3.8) is 0 Å². The van der Waals surface area contributed by atoms with E-state index in [0.717, 1.165) is 117 Å². The Balaban J connectivity index is 0.000000154. The van der Waals surface area contributed by atoms with E-state index in [4.69, 9.17) is 13.8 Å². The fourth-order valence-electron chi connectivity index (χ4n) is 14.2. The van der Waals surface area contributed by atoms with Crippen molar-refractivity contribution < 1.29 is 28.9 Å². The number of aromatic nitrogens is 5. The third-order valence-corrected chi connectivity index (χ3v) is 18.9. The third kappa shape index (κ3) is 11.2. The van der Waals surface area contributed by atoms with Gasteiger partial charge in [0.25, 0.3) is 0 Å².